The van der Waals surface area contributed by atoms with E-state index in [4.69, 9.17) is 9.47 Å². The number of hydrogen-bond acceptors (Lipinski definition) is 5. The number of carbonyl (C=O) groups excluding carboxylic acids is 2. The van der Waals surface area contributed by atoms with Gasteiger partial charge in [-0.05, 0) is 19.8 Å². The van der Waals surface area contributed by atoms with Gasteiger partial charge in [0.15, 0.2) is 5.54 Å². The van der Waals surface area contributed by atoms with Gasteiger partial charge in [0, 0.05) is 0 Å². The van der Waals surface area contributed by atoms with Gasteiger partial charge in [-0.25, -0.2) is 9.59 Å². The number of amides is 1. The Bertz CT molecular complexity index is 282. The summed E-state index contributed by atoms with van der Waals surface area (Å²) in [4.78, 5) is 23.5. The number of rotatable bonds is 9. The number of aliphatic hydroxyl groups excluding tert-OH is 1. The van der Waals surface area contributed by atoms with Gasteiger partial charge in [0.05, 0.1) is 19.8 Å². The zero-order valence-corrected chi connectivity index (χ0v) is 12.0. The smallest absolute Gasteiger partial charge is 0.408 e. The lowest BCUT2D eigenvalue weighted by Gasteiger charge is -2.29. The molecule has 0 radical (unpaired) electrons. The third kappa shape index (κ3) is 5.92. The molecular formula is C13H25NO5. The minimum atomic E-state index is -1.41. The highest BCUT2D eigenvalue weighted by Gasteiger charge is 2.40. The van der Waals surface area contributed by atoms with Crippen molar-refractivity contribution in [3.63, 3.8) is 0 Å². The van der Waals surface area contributed by atoms with Gasteiger partial charge in [-0.2, -0.15) is 0 Å². The van der Waals surface area contributed by atoms with E-state index in [0.29, 0.717) is 19.4 Å². The zero-order valence-electron chi connectivity index (χ0n) is 12.0. The van der Waals surface area contributed by atoms with Crippen LogP contribution in [-0.2, 0) is 14.3 Å². The Morgan fingerprint density at radius 2 is 1.84 bits per heavy atom. The quantitative estimate of drug-likeness (QED) is 0.493. The Kier molecular flexibility index (Phi) is 8.95. The maximum absolute atomic E-state index is 11.9. The predicted molar refractivity (Wildman–Crippen MR) is 70.7 cm³/mol. The summed E-state index contributed by atoms with van der Waals surface area (Å²) in [6, 6.07) is 0. The van der Waals surface area contributed by atoms with Crippen molar-refractivity contribution in [3.8, 4) is 0 Å². The van der Waals surface area contributed by atoms with Crippen molar-refractivity contribution >= 4 is 12.1 Å². The molecule has 0 bridgehead atoms. The van der Waals surface area contributed by atoms with Crippen molar-refractivity contribution in [1.29, 1.82) is 0 Å². The van der Waals surface area contributed by atoms with Crippen molar-refractivity contribution in [3.05, 3.63) is 0 Å². The average molecular weight is 275 g/mol. The second-order valence-corrected chi connectivity index (χ2v) is 4.33. The number of aliphatic hydroxyl groups is 1. The van der Waals surface area contributed by atoms with Crippen molar-refractivity contribution in [2.45, 2.75) is 52.0 Å². The Hall–Kier alpha value is -1.30. The molecule has 0 aromatic heterocycles. The molecule has 0 fully saturated rings. The van der Waals surface area contributed by atoms with Crippen LogP contribution < -0.4 is 5.32 Å². The summed E-state index contributed by atoms with van der Waals surface area (Å²) >= 11 is 0. The van der Waals surface area contributed by atoms with Crippen LogP contribution in [0.2, 0.25) is 0 Å². The van der Waals surface area contributed by atoms with Crippen molar-refractivity contribution in [1.82, 2.24) is 5.32 Å². The van der Waals surface area contributed by atoms with Crippen LogP contribution in [0.4, 0.5) is 4.79 Å². The van der Waals surface area contributed by atoms with Gasteiger partial charge in [-0.15, -0.1) is 0 Å². The molecule has 0 aliphatic heterocycles. The fraction of sp³-hybridized carbons (Fsp3) is 0.846. The molecule has 1 amide bonds. The molecule has 0 saturated heterocycles. The molecule has 6 heteroatoms. The summed E-state index contributed by atoms with van der Waals surface area (Å²) in [5, 5.41) is 11.9. The van der Waals surface area contributed by atoms with E-state index in [1.807, 2.05) is 13.8 Å². The zero-order chi connectivity index (χ0) is 14.7. The molecule has 2 N–H and O–H groups in total. The minimum absolute atomic E-state index is 0.191. The lowest BCUT2D eigenvalue weighted by molar-refractivity contribution is -0.153. The first-order valence-corrected chi connectivity index (χ1v) is 6.79. The summed E-state index contributed by atoms with van der Waals surface area (Å²) < 4.78 is 9.85. The minimum Gasteiger partial charge on any atom is -0.464 e. The fourth-order valence-electron chi connectivity index (χ4n) is 1.64. The van der Waals surface area contributed by atoms with Gasteiger partial charge in [-0.1, -0.05) is 26.7 Å². The third-order valence-electron chi connectivity index (χ3n) is 2.69. The molecule has 0 saturated carbocycles. The molecule has 0 aliphatic carbocycles. The van der Waals surface area contributed by atoms with Gasteiger partial charge >= 0.3 is 12.1 Å². The molecule has 1 unspecified atom stereocenters. The van der Waals surface area contributed by atoms with Crippen LogP contribution in [-0.4, -0.2) is 42.5 Å². The van der Waals surface area contributed by atoms with E-state index in [-0.39, 0.29) is 6.61 Å². The van der Waals surface area contributed by atoms with Gasteiger partial charge in [0.1, 0.15) is 0 Å². The van der Waals surface area contributed by atoms with Crippen LogP contribution in [0.3, 0.4) is 0 Å². The summed E-state index contributed by atoms with van der Waals surface area (Å²) in [5.41, 5.74) is -1.41. The second kappa shape index (κ2) is 9.61. The number of nitrogens with one attached hydrogen (secondary N) is 1. The van der Waals surface area contributed by atoms with Crippen LogP contribution in [0.15, 0.2) is 0 Å². The topological polar surface area (TPSA) is 84.9 Å². The molecule has 0 aromatic rings. The highest BCUT2D eigenvalue weighted by atomic mass is 16.6. The highest BCUT2D eigenvalue weighted by molar-refractivity contribution is 5.86. The summed E-state index contributed by atoms with van der Waals surface area (Å²) in [5.74, 6) is -0.633. The van der Waals surface area contributed by atoms with E-state index in [9.17, 15) is 14.7 Å². The first-order chi connectivity index (χ1) is 9.06. The lowest BCUT2D eigenvalue weighted by Crippen LogP contribution is -2.58. The number of ether oxygens (including phenoxy) is 2. The first-order valence-electron chi connectivity index (χ1n) is 6.79. The number of esters is 1. The normalized spacial score (nSPS) is 13.5. The Labute approximate surface area is 114 Å². The van der Waals surface area contributed by atoms with E-state index in [1.54, 1.807) is 6.92 Å². The molecule has 6 nitrogen and oxygen atoms in total. The third-order valence-corrected chi connectivity index (χ3v) is 2.69. The summed E-state index contributed by atoms with van der Waals surface area (Å²) in [7, 11) is 0. The van der Waals surface area contributed by atoms with E-state index < -0.39 is 24.2 Å². The largest absolute Gasteiger partial charge is 0.464 e. The molecule has 19 heavy (non-hydrogen) atoms. The lowest BCUT2D eigenvalue weighted by atomic mass is 9.95. The number of unbranched alkanes of at least 4 members (excludes halogenated alkanes) is 1. The van der Waals surface area contributed by atoms with Gasteiger partial charge in [0.2, 0.25) is 0 Å². The van der Waals surface area contributed by atoms with Crippen LogP contribution in [0.25, 0.3) is 0 Å². The first kappa shape index (κ1) is 17.7. The Morgan fingerprint density at radius 1 is 1.16 bits per heavy atom. The van der Waals surface area contributed by atoms with E-state index in [1.165, 1.54) is 0 Å². The number of hydrogen-bond donors (Lipinski definition) is 2. The van der Waals surface area contributed by atoms with Crippen molar-refractivity contribution in [2.75, 3.05) is 19.8 Å². The average Bonchev–Trinajstić information content (AvgIpc) is 2.38. The summed E-state index contributed by atoms with van der Waals surface area (Å²) in [6.45, 7) is 5.48. The molecule has 0 spiro atoms. The standard InChI is InChI=1S/C13H25NO5/c1-4-7-9-19-12(17)14-13(10-15,8-5-2)11(16)18-6-3/h15H,4-10H2,1-3H3,(H,14,17). The molecular weight excluding hydrogens is 250 g/mol. The van der Waals surface area contributed by atoms with E-state index in [0.717, 1.165) is 12.8 Å². The Morgan fingerprint density at radius 3 is 2.32 bits per heavy atom. The van der Waals surface area contributed by atoms with Crippen LogP contribution in [0.1, 0.15) is 46.5 Å². The van der Waals surface area contributed by atoms with Crippen molar-refractivity contribution in [2.24, 2.45) is 0 Å². The second-order valence-electron chi connectivity index (χ2n) is 4.33. The Balaban J connectivity index is 4.64. The maximum Gasteiger partial charge on any atom is 0.408 e. The van der Waals surface area contributed by atoms with Gasteiger partial charge in [0.25, 0.3) is 0 Å². The maximum atomic E-state index is 11.9. The van der Waals surface area contributed by atoms with E-state index >= 15 is 0 Å². The van der Waals surface area contributed by atoms with Crippen LogP contribution >= 0.6 is 0 Å². The SMILES string of the molecule is CCCCOC(=O)NC(CO)(CCC)C(=O)OCC. The van der Waals surface area contributed by atoms with E-state index in [2.05, 4.69) is 5.32 Å². The van der Waals surface area contributed by atoms with Crippen LogP contribution in [0, 0.1) is 0 Å². The molecule has 1 atom stereocenters. The summed E-state index contributed by atoms with van der Waals surface area (Å²) in [6.07, 6.45) is 1.88. The molecule has 0 heterocycles. The van der Waals surface area contributed by atoms with Gasteiger partial charge in [-0.3, -0.25) is 0 Å². The van der Waals surface area contributed by atoms with Crippen LogP contribution in [0.5, 0.6) is 0 Å². The monoisotopic (exact) mass is 275 g/mol. The predicted octanol–water partition coefficient (Wildman–Crippen LogP) is 1.61. The fourth-order valence-corrected chi connectivity index (χ4v) is 1.64. The molecule has 112 valence electrons. The number of alkyl carbamates (subject to hydrolysis) is 1. The number of carbonyl (C=O) groups is 2. The molecule has 0 aromatic carbocycles. The van der Waals surface area contributed by atoms with Gasteiger partial charge < -0.3 is 19.9 Å². The van der Waals surface area contributed by atoms with Crippen molar-refractivity contribution < 1.29 is 24.2 Å². The molecule has 0 rings (SSSR count). The highest BCUT2D eigenvalue weighted by Crippen LogP contribution is 2.15. The molecule has 0 aliphatic rings.